The molecule has 13 aromatic rings. The average Bonchev–Trinajstić information content (AvgIpc) is 4.05. The van der Waals surface area contributed by atoms with Gasteiger partial charge in [0.05, 0.1) is 16.5 Å². The summed E-state index contributed by atoms with van der Waals surface area (Å²) in [5.74, 6) is 0. The van der Waals surface area contributed by atoms with Crippen LogP contribution in [-0.2, 0) is 5.41 Å². The molecule has 2 aliphatic rings. The summed E-state index contributed by atoms with van der Waals surface area (Å²) >= 11 is 0. The topological polar surface area (TPSA) is 16.4 Å². The first-order valence-corrected chi connectivity index (χ1v) is 23.9. The third-order valence-corrected chi connectivity index (χ3v) is 15.2. The summed E-state index contributed by atoms with van der Waals surface area (Å²) < 4.78 is 7.29. The van der Waals surface area contributed by atoms with Crippen LogP contribution < -0.4 is 4.90 Å². The van der Waals surface area contributed by atoms with E-state index < -0.39 is 5.41 Å². The fourth-order valence-electron chi connectivity index (χ4n) is 12.4. The lowest BCUT2D eigenvalue weighted by molar-refractivity contribution is 0.670. The number of nitrogens with zero attached hydrogens (tertiary/aromatic N) is 1. The fraction of sp³-hybridized carbons (Fsp3) is 0.0149. The van der Waals surface area contributed by atoms with Gasteiger partial charge in [-0.25, -0.2) is 0 Å². The van der Waals surface area contributed by atoms with E-state index in [1.165, 1.54) is 93.5 Å². The van der Waals surface area contributed by atoms with Crippen molar-refractivity contribution in [3.05, 3.63) is 271 Å². The first kappa shape index (κ1) is 38.2. The fourth-order valence-corrected chi connectivity index (χ4v) is 12.4. The van der Waals surface area contributed by atoms with Crippen LogP contribution in [-0.4, -0.2) is 0 Å². The van der Waals surface area contributed by atoms with E-state index in [4.69, 9.17) is 4.42 Å². The van der Waals surface area contributed by atoms with E-state index >= 15 is 0 Å². The molecule has 0 bridgehead atoms. The second-order valence-corrected chi connectivity index (χ2v) is 18.7. The van der Waals surface area contributed by atoms with Crippen LogP contribution in [0.15, 0.2) is 253 Å². The van der Waals surface area contributed by atoms with Gasteiger partial charge in [0.15, 0.2) is 0 Å². The van der Waals surface area contributed by atoms with Crippen LogP contribution >= 0.6 is 0 Å². The van der Waals surface area contributed by atoms with Crippen molar-refractivity contribution >= 4 is 71.3 Å². The Bertz CT molecular complexity index is 4190. The van der Waals surface area contributed by atoms with Crippen molar-refractivity contribution in [2.75, 3.05) is 4.90 Å². The smallest absolute Gasteiger partial charge is 0.143 e. The molecule has 0 aliphatic heterocycles. The number of furan rings is 1. The summed E-state index contributed by atoms with van der Waals surface area (Å²) in [6, 6.07) is 91.7. The molecule has 0 N–H and O–H groups in total. The second-order valence-electron chi connectivity index (χ2n) is 18.7. The molecule has 2 aliphatic carbocycles. The molecule has 0 amide bonds. The standard InChI is InChI=1S/C67H41NO/c1-2-17-42(18-3-1)43-33-35-46(36-34-43)68(47-37-38-55-54-27-12-15-30-60(54)67(61(55)41-47)58-28-13-10-25-52(58)53-26-11-14-29-59(53)67)62-31-16-32-63-65(62)57-40-45-20-5-7-22-49(45)64(66(57)69-63)56-39-44-19-4-6-21-48(44)50-23-8-9-24-51(50)56/h1-41H. The minimum Gasteiger partial charge on any atom is -0.455 e. The minimum atomic E-state index is -0.483. The van der Waals surface area contributed by atoms with Crippen molar-refractivity contribution in [3.63, 3.8) is 0 Å². The van der Waals surface area contributed by atoms with Crippen molar-refractivity contribution in [1.29, 1.82) is 0 Å². The lowest BCUT2D eigenvalue weighted by Crippen LogP contribution is -2.26. The molecule has 15 rings (SSSR count). The SMILES string of the molecule is c1ccc(-c2ccc(N(c3ccc4c(c3)C3(c5ccccc5-c5ccccc53)c3ccccc3-4)c3cccc4oc5c(-c6cc7ccccc7c7ccccc67)c6ccccc6cc5c34)cc2)cc1. The van der Waals surface area contributed by atoms with Crippen molar-refractivity contribution in [2.24, 2.45) is 0 Å². The van der Waals surface area contributed by atoms with Gasteiger partial charge in [0, 0.05) is 22.3 Å². The Morgan fingerprint density at radius 3 is 1.55 bits per heavy atom. The highest BCUT2D eigenvalue weighted by atomic mass is 16.3. The summed E-state index contributed by atoms with van der Waals surface area (Å²) in [4.78, 5) is 2.47. The van der Waals surface area contributed by atoms with Gasteiger partial charge in [-0.15, -0.1) is 0 Å². The molecule has 0 saturated carbocycles. The van der Waals surface area contributed by atoms with E-state index in [1.54, 1.807) is 0 Å². The lowest BCUT2D eigenvalue weighted by atomic mass is 9.70. The Morgan fingerprint density at radius 2 is 0.855 bits per heavy atom. The summed E-state index contributed by atoms with van der Waals surface area (Å²) in [5.41, 5.74) is 19.5. The van der Waals surface area contributed by atoms with E-state index in [0.29, 0.717) is 0 Å². The molecule has 1 aromatic heterocycles. The predicted molar refractivity (Wildman–Crippen MR) is 288 cm³/mol. The molecule has 69 heavy (non-hydrogen) atoms. The molecule has 1 heterocycles. The third-order valence-electron chi connectivity index (χ3n) is 15.2. The van der Waals surface area contributed by atoms with E-state index in [-0.39, 0.29) is 0 Å². The highest BCUT2D eigenvalue weighted by Gasteiger charge is 2.51. The van der Waals surface area contributed by atoms with E-state index in [0.717, 1.165) is 44.6 Å². The number of fused-ring (bicyclic) bond motifs is 17. The van der Waals surface area contributed by atoms with Gasteiger partial charge in [-0.1, -0.05) is 200 Å². The number of anilines is 3. The Balaban J connectivity index is 1.02. The third kappa shape index (κ3) is 5.31. The Kier molecular flexibility index (Phi) is 8.02. The van der Waals surface area contributed by atoms with Crippen LogP contribution in [0.1, 0.15) is 22.3 Å². The zero-order valence-electron chi connectivity index (χ0n) is 37.5. The molecule has 0 atom stereocenters. The van der Waals surface area contributed by atoms with Crippen molar-refractivity contribution in [3.8, 4) is 44.5 Å². The number of hydrogen-bond donors (Lipinski definition) is 0. The first-order chi connectivity index (χ1) is 34.2. The Hall–Kier alpha value is -8.98. The molecule has 0 saturated heterocycles. The highest BCUT2D eigenvalue weighted by Crippen LogP contribution is 2.63. The zero-order chi connectivity index (χ0) is 45.2. The Morgan fingerprint density at radius 1 is 0.319 bits per heavy atom. The summed E-state index contributed by atoms with van der Waals surface area (Å²) in [6.45, 7) is 0. The van der Waals surface area contributed by atoms with Gasteiger partial charge in [-0.2, -0.15) is 0 Å². The van der Waals surface area contributed by atoms with Gasteiger partial charge in [0.1, 0.15) is 11.2 Å². The van der Waals surface area contributed by atoms with Gasteiger partial charge in [0.25, 0.3) is 0 Å². The second kappa shape index (κ2) is 14.5. The van der Waals surface area contributed by atoms with Crippen LogP contribution in [0.3, 0.4) is 0 Å². The molecule has 320 valence electrons. The van der Waals surface area contributed by atoms with Crippen LogP contribution in [0.5, 0.6) is 0 Å². The molecule has 0 unspecified atom stereocenters. The molecule has 2 heteroatoms. The maximum atomic E-state index is 7.29. The van der Waals surface area contributed by atoms with E-state index in [2.05, 4.69) is 254 Å². The van der Waals surface area contributed by atoms with Crippen molar-refractivity contribution < 1.29 is 4.42 Å². The van der Waals surface area contributed by atoms with Gasteiger partial charge in [-0.3, -0.25) is 0 Å². The molecule has 0 radical (unpaired) electrons. The summed E-state index contributed by atoms with van der Waals surface area (Å²) in [7, 11) is 0. The van der Waals surface area contributed by atoms with Crippen LogP contribution in [0, 0.1) is 0 Å². The first-order valence-electron chi connectivity index (χ1n) is 23.9. The van der Waals surface area contributed by atoms with Gasteiger partial charge < -0.3 is 9.32 Å². The largest absolute Gasteiger partial charge is 0.455 e. The van der Waals surface area contributed by atoms with Crippen LogP contribution in [0.25, 0.3) is 98.8 Å². The Labute approximate surface area is 399 Å². The van der Waals surface area contributed by atoms with E-state index in [9.17, 15) is 0 Å². The lowest BCUT2D eigenvalue weighted by Gasteiger charge is -2.32. The molecule has 0 fully saturated rings. The van der Waals surface area contributed by atoms with Crippen molar-refractivity contribution in [2.45, 2.75) is 5.41 Å². The summed E-state index contributed by atoms with van der Waals surface area (Å²) in [6.07, 6.45) is 0. The van der Waals surface area contributed by atoms with Crippen LogP contribution in [0.4, 0.5) is 17.1 Å². The number of benzene rings is 12. The zero-order valence-corrected chi connectivity index (χ0v) is 37.5. The molecule has 12 aromatic carbocycles. The maximum Gasteiger partial charge on any atom is 0.143 e. The monoisotopic (exact) mass is 875 g/mol. The predicted octanol–water partition coefficient (Wildman–Crippen LogP) is 18.2. The molecular formula is C67H41NO. The molecule has 2 nitrogen and oxygen atoms in total. The van der Waals surface area contributed by atoms with Gasteiger partial charge >= 0.3 is 0 Å². The average molecular weight is 876 g/mol. The number of hydrogen-bond acceptors (Lipinski definition) is 2. The highest BCUT2D eigenvalue weighted by molar-refractivity contribution is 6.25. The minimum absolute atomic E-state index is 0.483. The van der Waals surface area contributed by atoms with Crippen LogP contribution in [0.2, 0.25) is 0 Å². The quantitative estimate of drug-likeness (QED) is 0.160. The van der Waals surface area contributed by atoms with Crippen molar-refractivity contribution in [1.82, 2.24) is 0 Å². The molecule has 1 spiro atoms. The maximum absolute atomic E-state index is 7.29. The number of rotatable bonds is 5. The summed E-state index contributed by atoms with van der Waals surface area (Å²) in [5, 5.41) is 9.39. The van der Waals surface area contributed by atoms with E-state index in [1.807, 2.05) is 0 Å². The molecular weight excluding hydrogens is 835 g/mol. The van der Waals surface area contributed by atoms with Gasteiger partial charge in [0.2, 0.25) is 0 Å². The normalized spacial score (nSPS) is 13.0. The van der Waals surface area contributed by atoms with Gasteiger partial charge in [-0.05, 0) is 142 Å².